The Hall–Kier alpha value is -0.330. The van der Waals surface area contributed by atoms with E-state index in [-0.39, 0.29) is 30.4 Å². The molecule has 0 amide bonds. The second kappa shape index (κ2) is 9.39. The molecule has 140 valence electrons. The summed E-state index contributed by atoms with van der Waals surface area (Å²) in [6.45, 7) is 9.34. The van der Waals surface area contributed by atoms with Crippen molar-refractivity contribution in [2.24, 2.45) is 0 Å². The van der Waals surface area contributed by atoms with Gasteiger partial charge in [-0.15, -0.1) is 24.8 Å². The van der Waals surface area contributed by atoms with Crippen LogP contribution in [0.3, 0.4) is 0 Å². The predicted molar refractivity (Wildman–Crippen MR) is 103 cm³/mol. The van der Waals surface area contributed by atoms with E-state index in [0.29, 0.717) is 6.04 Å². The Kier molecular flexibility index (Phi) is 8.50. The number of ether oxygens (including phenoxy) is 1. The van der Waals surface area contributed by atoms with Gasteiger partial charge in [0.2, 0.25) is 0 Å². The maximum atomic E-state index is 6.19. The first kappa shape index (κ1) is 21.7. The predicted octanol–water partition coefficient (Wildman–Crippen LogP) is 2.58. The minimum atomic E-state index is 0. The molecule has 24 heavy (non-hydrogen) atoms. The molecule has 1 aromatic heterocycles. The van der Waals surface area contributed by atoms with Crippen LogP contribution in [0.5, 0.6) is 0 Å². The Morgan fingerprint density at radius 1 is 1.33 bits per heavy atom. The Morgan fingerprint density at radius 2 is 2.04 bits per heavy atom. The summed E-state index contributed by atoms with van der Waals surface area (Å²) in [7, 11) is 2.26. The quantitative estimate of drug-likeness (QED) is 0.873. The van der Waals surface area contributed by atoms with Crippen molar-refractivity contribution in [3.05, 3.63) is 17.5 Å². The third kappa shape index (κ3) is 5.09. The molecule has 0 radical (unpaired) electrons. The van der Waals surface area contributed by atoms with Crippen LogP contribution in [0.25, 0.3) is 0 Å². The summed E-state index contributed by atoms with van der Waals surface area (Å²) in [5, 5.41) is 8.02. The van der Waals surface area contributed by atoms with Crippen LogP contribution in [0.15, 0.2) is 6.07 Å². The lowest BCUT2D eigenvalue weighted by Crippen LogP contribution is -2.52. The van der Waals surface area contributed by atoms with E-state index >= 15 is 0 Å². The average molecular weight is 379 g/mol. The van der Waals surface area contributed by atoms with Crippen LogP contribution in [-0.4, -0.2) is 59.6 Å². The van der Waals surface area contributed by atoms with Gasteiger partial charge < -0.3 is 15.0 Å². The lowest BCUT2D eigenvalue weighted by Gasteiger charge is -2.46. The molecule has 0 aromatic carbocycles. The van der Waals surface area contributed by atoms with E-state index in [2.05, 4.69) is 47.0 Å². The number of aryl methyl sites for hydroxylation is 2. The van der Waals surface area contributed by atoms with Gasteiger partial charge in [-0.25, -0.2) is 0 Å². The molecule has 1 N–H and O–H groups in total. The largest absolute Gasteiger partial charge is 0.375 e. The summed E-state index contributed by atoms with van der Waals surface area (Å²) >= 11 is 0. The molecule has 5 nitrogen and oxygen atoms in total. The highest BCUT2D eigenvalue weighted by Crippen LogP contribution is 2.34. The molecule has 1 unspecified atom stereocenters. The molecule has 2 aliphatic heterocycles. The molecule has 1 atom stereocenters. The molecule has 2 aliphatic rings. The molecule has 2 saturated heterocycles. The molecular formula is C17H32Cl2N4O. The van der Waals surface area contributed by atoms with Gasteiger partial charge >= 0.3 is 0 Å². The summed E-state index contributed by atoms with van der Waals surface area (Å²) in [5.41, 5.74) is 2.51. The minimum Gasteiger partial charge on any atom is -0.375 e. The third-order valence-electron chi connectivity index (χ3n) is 5.37. The highest BCUT2D eigenvalue weighted by Gasteiger charge is 2.39. The number of piperidine rings is 1. The SMILES string of the molecule is Cc1cc(C)n(CCN(C)C2CCOC3(CCNCC3)C2)n1.Cl.Cl. The zero-order valence-electron chi connectivity index (χ0n) is 15.1. The summed E-state index contributed by atoms with van der Waals surface area (Å²) in [5.74, 6) is 0. The van der Waals surface area contributed by atoms with Gasteiger partial charge in [-0.3, -0.25) is 4.68 Å². The van der Waals surface area contributed by atoms with Crippen molar-refractivity contribution in [1.82, 2.24) is 20.0 Å². The average Bonchev–Trinajstić information content (AvgIpc) is 2.83. The van der Waals surface area contributed by atoms with Crippen LogP contribution >= 0.6 is 24.8 Å². The zero-order valence-corrected chi connectivity index (χ0v) is 16.7. The number of nitrogens with zero attached hydrogens (tertiary/aromatic N) is 3. The number of likely N-dealkylation sites (N-methyl/N-ethyl adjacent to an activating group) is 1. The van der Waals surface area contributed by atoms with E-state index in [0.717, 1.165) is 57.7 Å². The Labute approximate surface area is 158 Å². The van der Waals surface area contributed by atoms with Crippen molar-refractivity contribution in [2.45, 2.75) is 57.7 Å². The number of nitrogens with one attached hydrogen (secondary N) is 1. The lowest BCUT2D eigenvalue weighted by molar-refractivity contribution is -0.118. The number of hydrogen-bond acceptors (Lipinski definition) is 4. The first-order valence-corrected chi connectivity index (χ1v) is 8.64. The van der Waals surface area contributed by atoms with Crippen molar-refractivity contribution in [2.75, 3.05) is 33.3 Å². The number of aromatic nitrogens is 2. The van der Waals surface area contributed by atoms with Gasteiger partial charge in [0.25, 0.3) is 0 Å². The van der Waals surface area contributed by atoms with Crippen LogP contribution in [0, 0.1) is 13.8 Å². The first-order chi connectivity index (χ1) is 10.6. The fourth-order valence-corrected chi connectivity index (χ4v) is 3.95. The van der Waals surface area contributed by atoms with E-state index in [1.165, 1.54) is 12.1 Å². The van der Waals surface area contributed by atoms with Gasteiger partial charge in [0.05, 0.1) is 17.8 Å². The van der Waals surface area contributed by atoms with Gasteiger partial charge in [-0.2, -0.15) is 5.10 Å². The molecule has 0 saturated carbocycles. The number of rotatable bonds is 4. The number of halogens is 2. The maximum Gasteiger partial charge on any atom is 0.0721 e. The van der Waals surface area contributed by atoms with Crippen LogP contribution in [0.4, 0.5) is 0 Å². The van der Waals surface area contributed by atoms with Crippen molar-refractivity contribution < 1.29 is 4.74 Å². The summed E-state index contributed by atoms with van der Waals surface area (Å²) in [6, 6.07) is 2.79. The second-order valence-corrected chi connectivity index (χ2v) is 7.06. The summed E-state index contributed by atoms with van der Waals surface area (Å²) in [4.78, 5) is 2.52. The molecule has 1 spiro atoms. The van der Waals surface area contributed by atoms with Gasteiger partial charge in [0.15, 0.2) is 0 Å². The van der Waals surface area contributed by atoms with Crippen LogP contribution < -0.4 is 5.32 Å². The van der Waals surface area contributed by atoms with Crippen molar-refractivity contribution in [3.8, 4) is 0 Å². The molecule has 2 fully saturated rings. The topological polar surface area (TPSA) is 42.3 Å². The van der Waals surface area contributed by atoms with Crippen molar-refractivity contribution in [3.63, 3.8) is 0 Å². The van der Waals surface area contributed by atoms with E-state index in [1.807, 2.05) is 0 Å². The maximum absolute atomic E-state index is 6.19. The minimum absolute atomic E-state index is 0. The third-order valence-corrected chi connectivity index (χ3v) is 5.37. The van der Waals surface area contributed by atoms with E-state index in [4.69, 9.17) is 4.74 Å². The molecule has 0 aliphatic carbocycles. The zero-order chi connectivity index (χ0) is 15.6. The fraction of sp³-hybridized carbons (Fsp3) is 0.824. The first-order valence-electron chi connectivity index (χ1n) is 8.64. The Morgan fingerprint density at radius 3 is 2.67 bits per heavy atom. The van der Waals surface area contributed by atoms with E-state index in [1.54, 1.807) is 0 Å². The molecule has 7 heteroatoms. The van der Waals surface area contributed by atoms with Gasteiger partial charge in [-0.05, 0) is 65.7 Å². The fourth-order valence-electron chi connectivity index (χ4n) is 3.95. The molecule has 0 bridgehead atoms. The normalized spacial score (nSPS) is 22.9. The molecule has 3 heterocycles. The van der Waals surface area contributed by atoms with Crippen LogP contribution in [0.2, 0.25) is 0 Å². The Bertz CT molecular complexity index is 497. The van der Waals surface area contributed by atoms with Crippen molar-refractivity contribution >= 4 is 24.8 Å². The van der Waals surface area contributed by atoms with E-state index in [9.17, 15) is 0 Å². The van der Waals surface area contributed by atoms with Crippen molar-refractivity contribution in [1.29, 1.82) is 0 Å². The molecule has 3 rings (SSSR count). The Balaban J connectivity index is 0.00000144. The summed E-state index contributed by atoms with van der Waals surface area (Å²) in [6.07, 6.45) is 4.66. The van der Waals surface area contributed by atoms with Gasteiger partial charge in [-0.1, -0.05) is 0 Å². The highest BCUT2D eigenvalue weighted by atomic mass is 35.5. The van der Waals surface area contributed by atoms with Gasteiger partial charge in [0, 0.05) is 24.9 Å². The van der Waals surface area contributed by atoms with Crippen LogP contribution in [-0.2, 0) is 11.3 Å². The standard InChI is InChI=1S/C17H30N4O.2ClH/c1-14-12-15(2)21(19-14)10-9-20(3)16-4-11-22-17(13-16)5-7-18-8-6-17;;/h12,16,18H,4-11,13H2,1-3H3;2*1H. The molecule has 1 aromatic rings. The van der Waals surface area contributed by atoms with Gasteiger partial charge in [0.1, 0.15) is 0 Å². The van der Waals surface area contributed by atoms with E-state index < -0.39 is 0 Å². The molecular weight excluding hydrogens is 347 g/mol. The lowest BCUT2D eigenvalue weighted by atomic mass is 9.82. The summed E-state index contributed by atoms with van der Waals surface area (Å²) < 4.78 is 8.32. The smallest absolute Gasteiger partial charge is 0.0721 e. The second-order valence-electron chi connectivity index (χ2n) is 7.06. The van der Waals surface area contributed by atoms with Crippen LogP contribution in [0.1, 0.15) is 37.1 Å². The number of hydrogen-bond donors (Lipinski definition) is 1. The monoisotopic (exact) mass is 378 g/mol. The highest BCUT2D eigenvalue weighted by molar-refractivity contribution is 5.85.